The number of carbonyl (C=O) groups is 2. The molecule has 0 aliphatic carbocycles. The highest BCUT2D eigenvalue weighted by Crippen LogP contribution is 2.35. The van der Waals surface area contributed by atoms with Crippen LogP contribution in [-0.2, 0) is 28.6 Å². The summed E-state index contributed by atoms with van der Waals surface area (Å²) in [4.78, 5) is 34.5. The summed E-state index contributed by atoms with van der Waals surface area (Å²) >= 11 is 1.67. The van der Waals surface area contributed by atoms with Gasteiger partial charge in [-0.15, -0.1) is 0 Å². The Kier molecular flexibility index (Phi) is 6.47. The molecule has 2 aliphatic rings. The van der Waals surface area contributed by atoms with Crippen molar-refractivity contribution in [1.82, 2.24) is 5.06 Å². The normalized spacial score (nSPS) is 29.5. The van der Waals surface area contributed by atoms with Crippen molar-refractivity contribution in [3.8, 4) is 0 Å². The number of hydrogen-bond acceptors (Lipinski definition) is 9. The number of amidine groups is 1. The van der Waals surface area contributed by atoms with Gasteiger partial charge >= 0.3 is 11.9 Å². The van der Waals surface area contributed by atoms with Gasteiger partial charge in [-0.3, -0.25) is 4.79 Å². The molecular formula is C15H24N2O6S. The maximum absolute atomic E-state index is 12.4. The van der Waals surface area contributed by atoms with Crippen molar-refractivity contribution >= 4 is 29.5 Å². The highest BCUT2D eigenvalue weighted by molar-refractivity contribution is 7.99. The Labute approximate surface area is 145 Å². The number of thioether (sulfide) groups is 1. The van der Waals surface area contributed by atoms with Gasteiger partial charge in [0.15, 0.2) is 0 Å². The van der Waals surface area contributed by atoms with Gasteiger partial charge in [-0.25, -0.2) is 19.7 Å². The molecule has 1 fully saturated rings. The Morgan fingerprint density at radius 2 is 2.04 bits per heavy atom. The van der Waals surface area contributed by atoms with Crippen LogP contribution in [0.3, 0.4) is 0 Å². The summed E-state index contributed by atoms with van der Waals surface area (Å²) in [7, 11) is 1.67. The summed E-state index contributed by atoms with van der Waals surface area (Å²) in [5.74, 6) is -0.680. The number of nitrogens with zero attached hydrogens (tertiary/aromatic N) is 2. The van der Waals surface area contributed by atoms with Crippen molar-refractivity contribution < 1.29 is 28.6 Å². The summed E-state index contributed by atoms with van der Waals surface area (Å²) in [5, 5.41) is 1.66. The zero-order valence-electron chi connectivity index (χ0n) is 14.4. The minimum atomic E-state index is -1.72. The van der Waals surface area contributed by atoms with E-state index in [1.165, 1.54) is 5.06 Å². The number of hydroxylamine groups is 2. The molecule has 2 heterocycles. The second-order valence-corrected chi connectivity index (χ2v) is 6.54. The van der Waals surface area contributed by atoms with E-state index in [4.69, 9.17) is 19.0 Å². The molecular weight excluding hydrogens is 336 g/mol. The highest BCUT2D eigenvalue weighted by atomic mass is 32.2. The molecule has 0 N–H and O–H groups in total. The topological polar surface area (TPSA) is 86.7 Å². The summed E-state index contributed by atoms with van der Waals surface area (Å²) in [6.07, 6.45) is 1.67. The molecule has 0 aromatic rings. The van der Waals surface area contributed by atoms with Crippen LogP contribution in [0.1, 0.15) is 20.3 Å². The van der Waals surface area contributed by atoms with Gasteiger partial charge in [0.2, 0.25) is 0 Å². The minimum Gasteiger partial charge on any atom is -0.466 e. The fourth-order valence-corrected chi connectivity index (χ4v) is 3.51. The molecule has 0 aromatic carbocycles. The van der Waals surface area contributed by atoms with Crippen LogP contribution in [0.25, 0.3) is 0 Å². The second kappa shape index (κ2) is 8.17. The van der Waals surface area contributed by atoms with Crippen molar-refractivity contribution in [2.24, 2.45) is 10.9 Å². The quantitative estimate of drug-likeness (QED) is 0.618. The molecule has 3 atom stereocenters. The standard InChI is InChI=1S/C15H24N2O6S/c1-5-21-12(18)7-15(14(19)22-6-2)16-13(17(3)23-15)10-8-20-9-11(10)24-4/h10-11H,5-9H2,1-4H3. The number of ether oxygens (including phenoxy) is 3. The largest absolute Gasteiger partial charge is 0.466 e. The molecule has 2 aliphatic heterocycles. The molecule has 9 heteroatoms. The Morgan fingerprint density at radius 3 is 2.67 bits per heavy atom. The Bertz CT molecular complexity index is 514. The first-order chi connectivity index (χ1) is 11.5. The first kappa shape index (κ1) is 19.0. The zero-order chi connectivity index (χ0) is 17.7. The summed E-state index contributed by atoms with van der Waals surface area (Å²) in [6.45, 7) is 4.88. The van der Waals surface area contributed by atoms with Crippen molar-refractivity contribution in [1.29, 1.82) is 0 Å². The summed E-state index contributed by atoms with van der Waals surface area (Å²) < 4.78 is 15.6. The Morgan fingerprint density at radius 1 is 1.33 bits per heavy atom. The van der Waals surface area contributed by atoms with Gasteiger partial charge in [0.25, 0.3) is 5.72 Å². The lowest BCUT2D eigenvalue weighted by molar-refractivity contribution is -0.208. The number of esters is 2. The predicted molar refractivity (Wildman–Crippen MR) is 88.5 cm³/mol. The third kappa shape index (κ3) is 3.84. The number of rotatable bonds is 7. The van der Waals surface area contributed by atoms with E-state index < -0.39 is 17.7 Å². The molecule has 0 amide bonds. The molecule has 3 unspecified atom stereocenters. The molecule has 0 bridgehead atoms. The van der Waals surface area contributed by atoms with Crippen molar-refractivity contribution in [3.05, 3.63) is 0 Å². The molecule has 8 nitrogen and oxygen atoms in total. The van der Waals surface area contributed by atoms with Gasteiger partial charge in [0.1, 0.15) is 12.3 Å². The third-order valence-electron chi connectivity index (χ3n) is 3.85. The molecule has 0 saturated carbocycles. The van der Waals surface area contributed by atoms with E-state index in [1.807, 2.05) is 6.26 Å². The lowest BCUT2D eigenvalue weighted by Gasteiger charge is -2.24. The number of carbonyl (C=O) groups excluding carboxylic acids is 2. The van der Waals surface area contributed by atoms with Gasteiger partial charge < -0.3 is 14.2 Å². The van der Waals surface area contributed by atoms with Crippen LogP contribution in [-0.4, -0.2) is 73.5 Å². The van der Waals surface area contributed by atoms with Crippen LogP contribution in [0, 0.1) is 5.92 Å². The number of aliphatic imine (C=N–C) groups is 1. The lowest BCUT2D eigenvalue weighted by atomic mass is 10.1. The van der Waals surface area contributed by atoms with Crippen LogP contribution < -0.4 is 0 Å². The highest BCUT2D eigenvalue weighted by Gasteiger charge is 2.53. The summed E-state index contributed by atoms with van der Waals surface area (Å²) in [6, 6.07) is 0. The van der Waals surface area contributed by atoms with E-state index in [0.29, 0.717) is 19.0 Å². The zero-order valence-corrected chi connectivity index (χ0v) is 15.3. The number of hydrogen-bond donors (Lipinski definition) is 0. The van der Waals surface area contributed by atoms with Gasteiger partial charge in [0.05, 0.1) is 32.3 Å². The van der Waals surface area contributed by atoms with Gasteiger partial charge in [-0.05, 0) is 20.1 Å². The lowest BCUT2D eigenvalue weighted by Crippen LogP contribution is -2.43. The van der Waals surface area contributed by atoms with Crippen molar-refractivity contribution in [2.75, 3.05) is 39.7 Å². The van der Waals surface area contributed by atoms with Crippen LogP contribution in [0.4, 0.5) is 0 Å². The van der Waals surface area contributed by atoms with E-state index in [1.54, 1.807) is 32.7 Å². The molecule has 0 aromatic heterocycles. The van der Waals surface area contributed by atoms with Gasteiger partial charge in [0, 0.05) is 12.3 Å². The Balaban J connectivity index is 2.29. The van der Waals surface area contributed by atoms with E-state index in [2.05, 4.69) is 4.99 Å². The Hall–Kier alpha value is -1.32. The molecule has 1 saturated heterocycles. The van der Waals surface area contributed by atoms with Crippen LogP contribution in [0.15, 0.2) is 4.99 Å². The molecule has 2 rings (SSSR count). The van der Waals surface area contributed by atoms with E-state index >= 15 is 0 Å². The monoisotopic (exact) mass is 360 g/mol. The van der Waals surface area contributed by atoms with Crippen molar-refractivity contribution in [2.45, 2.75) is 31.2 Å². The first-order valence-electron chi connectivity index (χ1n) is 7.93. The van der Waals surface area contributed by atoms with Gasteiger partial charge in [-0.2, -0.15) is 11.8 Å². The van der Waals surface area contributed by atoms with Gasteiger partial charge in [-0.1, -0.05) is 0 Å². The van der Waals surface area contributed by atoms with E-state index in [9.17, 15) is 9.59 Å². The third-order valence-corrected chi connectivity index (χ3v) is 4.92. The average Bonchev–Trinajstić information content (AvgIpc) is 3.12. The summed E-state index contributed by atoms with van der Waals surface area (Å²) in [5.41, 5.74) is -1.72. The van der Waals surface area contributed by atoms with Crippen LogP contribution in [0.5, 0.6) is 0 Å². The molecule has 0 spiro atoms. The smallest absolute Gasteiger partial charge is 0.364 e. The van der Waals surface area contributed by atoms with Crippen LogP contribution in [0.2, 0.25) is 0 Å². The fraction of sp³-hybridized carbons (Fsp3) is 0.800. The van der Waals surface area contributed by atoms with Crippen LogP contribution >= 0.6 is 11.8 Å². The predicted octanol–water partition coefficient (Wildman–Crippen LogP) is 0.853. The first-order valence-corrected chi connectivity index (χ1v) is 9.22. The average molecular weight is 360 g/mol. The molecule has 0 radical (unpaired) electrons. The molecule has 24 heavy (non-hydrogen) atoms. The molecule has 136 valence electrons. The SMILES string of the molecule is CCOC(=O)CC1(C(=O)OCC)N=C(C2COCC2SC)N(C)O1. The van der Waals surface area contributed by atoms with E-state index in [0.717, 1.165) is 0 Å². The second-order valence-electron chi connectivity index (χ2n) is 5.46. The fourth-order valence-electron chi connectivity index (χ4n) is 2.75. The maximum Gasteiger partial charge on any atom is 0.364 e. The van der Waals surface area contributed by atoms with E-state index in [-0.39, 0.29) is 30.8 Å². The van der Waals surface area contributed by atoms with Crippen molar-refractivity contribution in [3.63, 3.8) is 0 Å². The minimum absolute atomic E-state index is 0.0107. The maximum atomic E-state index is 12.4.